The number of aromatic nitrogens is 2. The van der Waals surface area contributed by atoms with Crippen LogP contribution in [0.1, 0.15) is 40.0 Å². The molecule has 3 N–H and O–H groups in total. The second-order valence-electron chi connectivity index (χ2n) is 4.71. The van der Waals surface area contributed by atoms with Gasteiger partial charge in [0.15, 0.2) is 0 Å². The van der Waals surface area contributed by atoms with Crippen LogP contribution in [0.25, 0.3) is 0 Å². The molecule has 102 valence electrons. The van der Waals surface area contributed by atoms with Crippen molar-refractivity contribution in [2.75, 3.05) is 29.5 Å². The zero-order valence-electron chi connectivity index (χ0n) is 11.9. The van der Waals surface area contributed by atoms with Crippen molar-refractivity contribution in [3.63, 3.8) is 0 Å². The summed E-state index contributed by atoms with van der Waals surface area (Å²) in [6.07, 6.45) is 3.63. The third-order valence-electron chi connectivity index (χ3n) is 2.91. The number of anilines is 3. The number of nitrogens with two attached hydrogens (primary N) is 1. The Labute approximate surface area is 110 Å². The Morgan fingerprint density at radius 3 is 2.61 bits per heavy atom. The summed E-state index contributed by atoms with van der Waals surface area (Å²) in [4.78, 5) is 10.7. The van der Waals surface area contributed by atoms with Crippen LogP contribution in [0, 0.1) is 0 Å². The fraction of sp³-hybridized carbons (Fsp3) is 0.692. The molecule has 1 aromatic rings. The summed E-state index contributed by atoms with van der Waals surface area (Å²) in [6.45, 7) is 7.55. The predicted molar refractivity (Wildman–Crippen MR) is 78.0 cm³/mol. The molecule has 0 saturated carbocycles. The fourth-order valence-corrected chi connectivity index (χ4v) is 1.90. The predicted octanol–water partition coefficient (Wildman–Crippen LogP) is 2.51. The molecule has 0 amide bonds. The minimum absolute atomic E-state index is 0.318. The van der Waals surface area contributed by atoms with Crippen LogP contribution >= 0.6 is 0 Å². The van der Waals surface area contributed by atoms with Gasteiger partial charge in [-0.2, -0.15) is 9.97 Å². The van der Waals surface area contributed by atoms with Crippen molar-refractivity contribution in [1.82, 2.24) is 9.97 Å². The lowest BCUT2D eigenvalue weighted by Crippen LogP contribution is -2.32. The molecule has 5 nitrogen and oxygen atoms in total. The van der Waals surface area contributed by atoms with Crippen molar-refractivity contribution in [2.24, 2.45) is 0 Å². The molecule has 0 fully saturated rings. The Hall–Kier alpha value is -1.52. The lowest BCUT2D eigenvalue weighted by molar-refractivity contribution is 0.620. The largest absolute Gasteiger partial charge is 0.373 e. The molecule has 0 aliphatic rings. The highest BCUT2D eigenvalue weighted by Crippen LogP contribution is 2.19. The molecule has 0 aliphatic heterocycles. The normalized spacial score (nSPS) is 10.7. The first-order valence-corrected chi connectivity index (χ1v) is 6.67. The molecule has 0 aromatic carbocycles. The monoisotopic (exact) mass is 251 g/mol. The minimum atomic E-state index is 0.318. The standard InChI is InChI=1S/C13H25N5/c1-5-6-7-8-18(10(2)3)12-9-11(15-4)16-13(14)17-12/h9-10H,5-8H2,1-4H3,(H3,14,15,16,17). The Bertz CT molecular complexity index is 364. The van der Waals surface area contributed by atoms with Crippen molar-refractivity contribution in [3.05, 3.63) is 6.07 Å². The fourth-order valence-electron chi connectivity index (χ4n) is 1.90. The van der Waals surface area contributed by atoms with Gasteiger partial charge in [-0.3, -0.25) is 0 Å². The number of nitrogens with zero attached hydrogens (tertiary/aromatic N) is 3. The smallest absolute Gasteiger partial charge is 0.223 e. The summed E-state index contributed by atoms with van der Waals surface area (Å²) in [5.41, 5.74) is 5.74. The number of nitrogens with one attached hydrogen (secondary N) is 1. The number of hydrogen-bond acceptors (Lipinski definition) is 5. The van der Waals surface area contributed by atoms with Crippen LogP contribution in [-0.2, 0) is 0 Å². The highest BCUT2D eigenvalue weighted by atomic mass is 15.2. The van der Waals surface area contributed by atoms with Crippen LogP contribution in [0.15, 0.2) is 6.07 Å². The lowest BCUT2D eigenvalue weighted by atomic mass is 10.2. The van der Waals surface area contributed by atoms with Crippen LogP contribution in [0.2, 0.25) is 0 Å². The zero-order valence-corrected chi connectivity index (χ0v) is 11.9. The number of hydrogen-bond donors (Lipinski definition) is 2. The second kappa shape index (κ2) is 7.03. The van der Waals surface area contributed by atoms with Gasteiger partial charge >= 0.3 is 0 Å². The molecule has 0 bridgehead atoms. The van der Waals surface area contributed by atoms with E-state index in [9.17, 15) is 0 Å². The van der Waals surface area contributed by atoms with E-state index in [0.717, 1.165) is 18.2 Å². The van der Waals surface area contributed by atoms with E-state index >= 15 is 0 Å². The van der Waals surface area contributed by atoms with E-state index in [2.05, 4.69) is 41.0 Å². The maximum Gasteiger partial charge on any atom is 0.223 e. The van der Waals surface area contributed by atoms with Gasteiger partial charge in [-0.05, 0) is 20.3 Å². The molecule has 0 aliphatic carbocycles. The van der Waals surface area contributed by atoms with Gasteiger partial charge in [-0.1, -0.05) is 19.8 Å². The van der Waals surface area contributed by atoms with Crippen LogP contribution in [0.3, 0.4) is 0 Å². The van der Waals surface area contributed by atoms with E-state index in [1.165, 1.54) is 19.3 Å². The van der Waals surface area contributed by atoms with E-state index in [4.69, 9.17) is 5.73 Å². The SMILES string of the molecule is CCCCCN(c1cc(NC)nc(N)n1)C(C)C. The van der Waals surface area contributed by atoms with E-state index < -0.39 is 0 Å². The molecule has 5 heteroatoms. The number of rotatable bonds is 7. The van der Waals surface area contributed by atoms with Gasteiger partial charge in [-0.15, -0.1) is 0 Å². The molecule has 0 spiro atoms. The van der Waals surface area contributed by atoms with E-state index in [1.807, 2.05) is 13.1 Å². The van der Waals surface area contributed by atoms with Crippen LogP contribution < -0.4 is 16.0 Å². The molecule has 1 heterocycles. The van der Waals surface area contributed by atoms with Crippen LogP contribution in [0.5, 0.6) is 0 Å². The molecule has 0 saturated heterocycles. The zero-order chi connectivity index (χ0) is 13.5. The quantitative estimate of drug-likeness (QED) is 0.729. The molecule has 18 heavy (non-hydrogen) atoms. The maximum absolute atomic E-state index is 5.74. The van der Waals surface area contributed by atoms with E-state index in [1.54, 1.807) is 0 Å². The van der Waals surface area contributed by atoms with Gasteiger partial charge in [-0.25, -0.2) is 0 Å². The molecular formula is C13H25N5. The van der Waals surface area contributed by atoms with Crippen molar-refractivity contribution < 1.29 is 0 Å². The Morgan fingerprint density at radius 2 is 2.06 bits per heavy atom. The van der Waals surface area contributed by atoms with Crippen LogP contribution in [0.4, 0.5) is 17.6 Å². The first-order valence-electron chi connectivity index (χ1n) is 6.67. The third kappa shape index (κ3) is 4.05. The second-order valence-corrected chi connectivity index (χ2v) is 4.71. The average Bonchev–Trinajstić information content (AvgIpc) is 2.33. The van der Waals surface area contributed by atoms with E-state index in [0.29, 0.717) is 12.0 Å². The maximum atomic E-state index is 5.74. The molecule has 1 rings (SSSR count). The minimum Gasteiger partial charge on any atom is -0.373 e. The van der Waals surface area contributed by atoms with Gasteiger partial charge in [0, 0.05) is 25.7 Å². The van der Waals surface area contributed by atoms with Gasteiger partial charge in [0.05, 0.1) is 0 Å². The number of nitrogen functional groups attached to an aromatic ring is 1. The summed E-state index contributed by atoms with van der Waals surface area (Å²) >= 11 is 0. The molecule has 0 radical (unpaired) electrons. The van der Waals surface area contributed by atoms with Crippen molar-refractivity contribution in [2.45, 2.75) is 46.1 Å². The topological polar surface area (TPSA) is 67.1 Å². The Balaban J connectivity index is 2.87. The van der Waals surface area contributed by atoms with Crippen molar-refractivity contribution in [3.8, 4) is 0 Å². The Morgan fingerprint density at radius 1 is 1.33 bits per heavy atom. The van der Waals surface area contributed by atoms with Gasteiger partial charge in [0.1, 0.15) is 11.6 Å². The average molecular weight is 251 g/mol. The summed E-state index contributed by atoms with van der Waals surface area (Å²) in [7, 11) is 1.84. The first kappa shape index (κ1) is 14.5. The summed E-state index contributed by atoms with van der Waals surface area (Å²) in [5.74, 6) is 1.98. The highest BCUT2D eigenvalue weighted by Gasteiger charge is 2.13. The first-order chi connectivity index (χ1) is 8.58. The van der Waals surface area contributed by atoms with Crippen molar-refractivity contribution >= 4 is 17.6 Å². The summed E-state index contributed by atoms with van der Waals surface area (Å²) in [5, 5.41) is 3.01. The number of unbranched alkanes of at least 4 members (excludes halogenated alkanes) is 2. The highest BCUT2D eigenvalue weighted by molar-refractivity contribution is 5.52. The summed E-state index contributed by atoms with van der Waals surface area (Å²) < 4.78 is 0. The lowest BCUT2D eigenvalue weighted by Gasteiger charge is -2.28. The van der Waals surface area contributed by atoms with Gasteiger partial charge in [0.2, 0.25) is 5.95 Å². The Kier molecular flexibility index (Phi) is 5.68. The molecule has 0 unspecified atom stereocenters. The van der Waals surface area contributed by atoms with E-state index in [-0.39, 0.29) is 0 Å². The molecule has 0 atom stereocenters. The molecular weight excluding hydrogens is 226 g/mol. The summed E-state index contributed by atoms with van der Waals surface area (Å²) in [6, 6.07) is 2.35. The molecule has 1 aromatic heterocycles. The van der Waals surface area contributed by atoms with Crippen molar-refractivity contribution in [1.29, 1.82) is 0 Å². The van der Waals surface area contributed by atoms with Gasteiger partial charge in [0.25, 0.3) is 0 Å². The van der Waals surface area contributed by atoms with Gasteiger partial charge < -0.3 is 16.0 Å². The van der Waals surface area contributed by atoms with Crippen LogP contribution in [-0.4, -0.2) is 29.6 Å². The third-order valence-corrected chi connectivity index (χ3v) is 2.91.